The number of methoxy groups -OCH3 is 1. The van der Waals surface area contributed by atoms with Crippen molar-refractivity contribution < 1.29 is 14.3 Å². The van der Waals surface area contributed by atoms with Gasteiger partial charge in [-0.2, -0.15) is 0 Å². The summed E-state index contributed by atoms with van der Waals surface area (Å²) < 4.78 is 5.42. The number of piperidine rings is 1. The molecule has 2 fully saturated rings. The SMILES string of the molecule is CC1(C=O)CCNCC1.CCC1C(CC(C)=O)CCC1OC.CCCC. The molecule has 1 aliphatic heterocycles. The Kier molecular flexibility index (Phi) is 13.9. The van der Waals surface area contributed by atoms with E-state index in [9.17, 15) is 9.59 Å². The van der Waals surface area contributed by atoms with Crippen LogP contribution in [0.5, 0.6) is 0 Å². The van der Waals surface area contributed by atoms with Crippen molar-refractivity contribution in [1.29, 1.82) is 0 Å². The van der Waals surface area contributed by atoms with Crippen molar-refractivity contribution in [3.8, 4) is 0 Å². The highest BCUT2D eigenvalue weighted by Gasteiger charge is 2.35. The molecule has 3 unspecified atom stereocenters. The highest BCUT2D eigenvalue weighted by Crippen LogP contribution is 2.38. The lowest BCUT2D eigenvalue weighted by molar-refractivity contribution is -0.118. The standard InChI is InChI=1S/C11H20O2.C7H13NO.C4H10/c1-4-10-9(7-8(2)12)5-6-11(10)13-3;1-7(6-9)2-4-8-5-3-7;1-3-4-2/h9-11H,4-7H2,1-3H3;6,8H,2-5H2,1H3;3-4H2,1-2H3. The Bertz CT molecular complexity index is 376. The molecule has 1 saturated carbocycles. The Morgan fingerprint density at radius 3 is 2.08 bits per heavy atom. The number of rotatable bonds is 6. The average Bonchev–Trinajstić information content (AvgIpc) is 3.04. The second-order valence-electron chi connectivity index (χ2n) is 8.11. The molecule has 1 saturated heterocycles. The summed E-state index contributed by atoms with van der Waals surface area (Å²) in [6.45, 7) is 12.3. The van der Waals surface area contributed by atoms with E-state index in [1.54, 1.807) is 14.0 Å². The van der Waals surface area contributed by atoms with Crippen molar-refractivity contribution in [2.45, 2.75) is 92.1 Å². The largest absolute Gasteiger partial charge is 0.381 e. The van der Waals surface area contributed by atoms with Gasteiger partial charge < -0.3 is 19.6 Å². The molecule has 0 bridgehead atoms. The van der Waals surface area contributed by atoms with E-state index in [-0.39, 0.29) is 5.41 Å². The van der Waals surface area contributed by atoms with Gasteiger partial charge in [-0.05, 0) is 57.5 Å². The lowest BCUT2D eigenvalue weighted by Gasteiger charge is -2.27. The molecule has 1 heterocycles. The molecule has 1 N–H and O–H groups in total. The number of Topliss-reactive ketones (excluding diaryl/α,β-unsaturated/α-hetero) is 1. The second kappa shape index (κ2) is 14.3. The fourth-order valence-corrected chi connectivity index (χ4v) is 3.74. The molecule has 0 spiro atoms. The van der Waals surface area contributed by atoms with Gasteiger partial charge in [0.05, 0.1) is 6.10 Å². The molecule has 154 valence electrons. The van der Waals surface area contributed by atoms with Gasteiger partial charge in [0.2, 0.25) is 0 Å². The number of ketones is 1. The third-order valence-electron chi connectivity index (χ3n) is 5.76. The summed E-state index contributed by atoms with van der Waals surface area (Å²) >= 11 is 0. The maximum atomic E-state index is 11.0. The summed E-state index contributed by atoms with van der Waals surface area (Å²) in [6.07, 6.45) is 10.3. The Morgan fingerprint density at radius 2 is 1.73 bits per heavy atom. The third kappa shape index (κ3) is 9.82. The highest BCUT2D eigenvalue weighted by molar-refractivity contribution is 5.75. The Labute approximate surface area is 161 Å². The van der Waals surface area contributed by atoms with Gasteiger partial charge in [0.1, 0.15) is 12.1 Å². The van der Waals surface area contributed by atoms with E-state index >= 15 is 0 Å². The Hall–Kier alpha value is -0.740. The first-order valence-electron chi connectivity index (χ1n) is 10.6. The summed E-state index contributed by atoms with van der Waals surface area (Å²) in [5.74, 6) is 1.50. The van der Waals surface area contributed by atoms with Crippen LogP contribution in [0.15, 0.2) is 0 Å². The zero-order chi connectivity index (χ0) is 20.0. The summed E-state index contributed by atoms with van der Waals surface area (Å²) in [4.78, 5) is 21.5. The highest BCUT2D eigenvalue weighted by atomic mass is 16.5. The van der Waals surface area contributed by atoms with Gasteiger partial charge in [0, 0.05) is 18.9 Å². The molecule has 0 aromatic carbocycles. The lowest BCUT2D eigenvalue weighted by atomic mass is 9.83. The third-order valence-corrected chi connectivity index (χ3v) is 5.76. The molecule has 0 radical (unpaired) electrons. The van der Waals surface area contributed by atoms with Gasteiger partial charge in [-0.25, -0.2) is 0 Å². The van der Waals surface area contributed by atoms with Crippen LogP contribution in [-0.4, -0.2) is 38.4 Å². The zero-order valence-corrected chi connectivity index (χ0v) is 18.1. The molecule has 0 aromatic heterocycles. The van der Waals surface area contributed by atoms with Crippen LogP contribution in [0, 0.1) is 17.3 Å². The molecule has 4 heteroatoms. The molecular weight excluding hydrogens is 326 g/mol. The maximum Gasteiger partial charge on any atom is 0.130 e. The maximum absolute atomic E-state index is 11.0. The number of unbranched alkanes of at least 4 members (excludes halogenated alkanes) is 1. The van der Waals surface area contributed by atoms with Gasteiger partial charge >= 0.3 is 0 Å². The first-order chi connectivity index (χ1) is 12.4. The predicted octanol–water partition coefficient (Wildman–Crippen LogP) is 4.80. The van der Waals surface area contributed by atoms with Crippen molar-refractivity contribution in [3.63, 3.8) is 0 Å². The van der Waals surface area contributed by atoms with Crippen molar-refractivity contribution in [2.75, 3.05) is 20.2 Å². The van der Waals surface area contributed by atoms with Gasteiger partial charge in [-0.15, -0.1) is 0 Å². The van der Waals surface area contributed by atoms with Gasteiger partial charge in [0.15, 0.2) is 0 Å². The minimum absolute atomic E-state index is 0.0226. The zero-order valence-electron chi connectivity index (χ0n) is 18.1. The number of nitrogens with one attached hydrogen (secondary N) is 1. The van der Waals surface area contributed by atoms with E-state index in [0.29, 0.717) is 23.7 Å². The van der Waals surface area contributed by atoms with Crippen molar-refractivity contribution in [2.24, 2.45) is 17.3 Å². The summed E-state index contributed by atoms with van der Waals surface area (Å²) in [5.41, 5.74) is -0.0226. The molecule has 0 aromatic rings. The Morgan fingerprint density at radius 1 is 1.15 bits per heavy atom. The molecule has 2 rings (SSSR count). The summed E-state index contributed by atoms with van der Waals surface area (Å²) in [7, 11) is 1.78. The first-order valence-corrected chi connectivity index (χ1v) is 10.6. The van der Waals surface area contributed by atoms with E-state index in [2.05, 4.69) is 26.1 Å². The van der Waals surface area contributed by atoms with Crippen LogP contribution < -0.4 is 5.32 Å². The number of carbonyl (C=O) groups excluding carboxylic acids is 2. The number of hydrogen-bond acceptors (Lipinski definition) is 4. The van der Waals surface area contributed by atoms with Crippen LogP contribution in [0.3, 0.4) is 0 Å². The summed E-state index contributed by atoms with van der Waals surface area (Å²) in [5, 5.41) is 3.22. The van der Waals surface area contributed by atoms with Crippen LogP contribution >= 0.6 is 0 Å². The normalized spacial score (nSPS) is 26.8. The van der Waals surface area contributed by atoms with Crippen molar-refractivity contribution in [3.05, 3.63) is 0 Å². The quantitative estimate of drug-likeness (QED) is 0.683. The fourth-order valence-electron chi connectivity index (χ4n) is 3.74. The summed E-state index contributed by atoms with van der Waals surface area (Å²) in [6, 6.07) is 0. The average molecular weight is 370 g/mol. The second-order valence-corrected chi connectivity index (χ2v) is 8.11. The molecule has 4 nitrogen and oxygen atoms in total. The lowest BCUT2D eigenvalue weighted by Crippen LogP contribution is -2.35. The minimum atomic E-state index is -0.0226. The number of hydrogen-bond donors (Lipinski definition) is 1. The predicted molar refractivity (Wildman–Crippen MR) is 109 cm³/mol. The van der Waals surface area contributed by atoms with Crippen LogP contribution in [-0.2, 0) is 14.3 Å². The monoisotopic (exact) mass is 369 g/mol. The van der Waals surface area contributed by atoms with Crippen molar-refractivity contribution >= 4 is 12.1 Å². The smallest absolute Gasteiger partial charge is 0.130 e. The van der Waals surface area contributed by atoms with Gasteiger partial charge in [-0.1, -0.05) is 47.0 Å². The van der Waals surface area contributed by atoms with E-state index in [4.69, 9.17) is 4.74 Å². The van der Waals surface area contributed by atoms with Crippen LogP contribution in [0.1, 0.15) is 86.0 Å². The van der Waals surface area contributed by atoms with Crippen molar-refractivity contribution in [1.82, 2.24) is 5.32 Å². The molecule has 2 aliphatic rings. The first kappa shape index (κ1) is 25.3. The number of ether oxygens (including phenoxy) is 1. The molecular formula is C22H43NO3. The van der Waals surface area contributed by atoms with E-state index < -0.39 is 0 Å². The van der Waals surface area contributed by atoms with Crippen LogP contribution in [0.4, 0.5) is 0 Å². The van der Waals surface area contributed by atoms with E-state index in [1.807, 2.05) is 6.92 Å². The van der Waals surface area contributed by atoms with E-state index in [0.717, 1.165) is 57.9 Å². The van der Waals surface area contributed by atoms with Gasteiger partial charge in [0.25, 0.3) is 0 Å². The molecule has 3 atom stereocenters. The molecule has 1 aliphatic carbocycles. The minimum Gasteiger partial charge on any atom is -0.381 e. The number of aldehydes is 1. The fraction of sp³-hybridized carbons (Fsp3) is 0.909. The molecule has 26 heavy (non-hydrogen) atoms. The Balaban J connectivity index is 0.000000416. The number of carbonyl (C=O) groups is 2. The van der Waals surface area contributed by atoms with Crippen LogP contribution in [0.2, 0.25) is 0 Å². The molecule has 0 amide bonds. The van der Waals surface area contributed by atoms with Crippen LogP contribution in [0.25, 0.3) is 0 Å². The van der Waals surface area contributed by atoms with E-state index in [1.165, 1.54) is 12.8 Å². The topological polar surface area (TPSA) is 55.4 Å². The van der Waals surface area contributed by atoms with Gasteiger partial charge in [-0.3, -0.25) is 0 Å².